The van der Waals surface area contributed by atoms with Crippen LogP contribution in [0.1, 0.15) is 32.4 Å². The molecule has 1 atom stereocenters. The van der Waals surface area contributed by atoms with Crippen LogP contribution in [-0.4, -0.2) is 42.6 Å². The fraction of sp³-hybridized carbons (Fsp3) is 0.320. The number of carbonyl (C=O) groups excluding carboxylic acids is 2. The van der Waals surface area contributed by atoms with Gasteiger partial charge < -0.3 is 29.3 Å². The summed E-state index contributed by atoms with van der Waals surface area (Å²) in [6.45, 7) is 6.56. The van der Waals surface area contributed by atoms with E-state index < -0.39 is 18.0 Å². The maximum atomic E-state index is 13.1. The van der Waals surface area contributed by atoms with E-state index in [1.165, 1.54) is 11.8 Å². The summed E-state index contributed by atoms with van der Waals surface area (Å²) in [6.07, 6.45) is 0. The molecule has 0 unspecified atom stereocenters. The van der Waals surface area contributed by atoms with E-state index in [2.05, 4.69) is 15.6 Å². The fourth-order valence-corrected chi connectivity index (χ4v) is 4.56. The molecule has 1 aliphatic rings. The molecule has 184 valence electrons. The van der Waals surface area contributed by atoms with Gasteiger partial charge in [0.25, 0.3) is 5.22 Å². The second-order valence-corrected chi connectivity index (χ2v) is 8.37. The van der Waals surface area contributed by atoms with Gasteiger partial charge in [-0.3, -0.25) is 0 Å². The molecule has 2 N–H and O–H groups in total. The lowest BCUT2D eigenvalue weighted by atomic mass is 9.94. The third kappa shape index (κ3) is 5.54. The maximum absolute atomic E-state index is 13.1. The van der Waals surface area contributed by atoms with Crippen molar-refractivity contribution in [3.05, 3.63) is 59.3 Å². The number of hydrogen-bond acceptors (Lipinski definition) is 8. The average molecular weight is 498 g/mol. The molecule has 0 aliphatic carbocycles. The summed E-state index contributed by atoms with van der Waals surface area (Å²) in [5.41, 5.74) is 2.69. The smallest absolute Gasteiger partial charge is 0.338 e. The number of benzene rings is 2. The van der Waals surface area contributed by atoms with E-state index in [-0.39, 0.29) is 17.9 Å². The first-order valence-electron chi connectivity index (χ1n) is 11.4. The quantitative estimate of drug-likeness (QED) is 0.309. The number of carbonyl (C=O) groups is 2. The Bertz CT molecular complexity index is 1220. The number of thioether (sulfide) groups is 1. The molecule has 0 spiro atoms. The van der Waals surface area contributed by atoms with Gasteiger partial charge in [0.1, 0.15) is 17.0 Å². The average Bonchev–Trinajstić information content (AvgIpc) is 3.27. The van der Waals surface area contributed by atoms with Crippen molar-refractivity contribution in [1.82, 2.24) is 15.6 Å². The van der Waals surface area contributed by atoms with Gasteiger partial charge in [-0.15, -0.1) is 0 Å². The number of esters is 1. The first kappa shape index (κ1) is 24.5. The van der Waals surface area contributed by atoms with Gasteiger partial charge in [-0.2, -0.15) is 0 Å². The normalized spacial score (nSPS) is 15.5. The second-order valence-electron chi connectivity index (χ2n) is 7.45. The first-order chi connectivity index (χ1) is 17.0. The lowest BCUT2D eigenvalue weighted by Gasteiger charge is -2.30. The zero-order chi connectivity index (χ0) is 24.8. The van der Waals surface area contributed by atoms with Gasteiger partial charge in [0, 0.05) is 17.0 Å². The molecule has 0 saturated heterocycles. The number of hydrogen-bond donors (Lipinski definition) is 2. The third-order valence-electron chi connectivity index (χ3n) is 5.17. The van der Waals surface area contributed by atoms with Crippen molar-refractivity contribution in [3.63, 3.8) is 0 Å². The van der Waals surface area contributed by atoms with Gasteiger partial charge >= 0.3 is 12.0 Å². The number of ether oxygens (including phenoxy) is 3. The molecule has 0 saturated carbocycles. The lowest BCUT2D eigenvalue weighted by Crippen LogP contribution is -2.46. The van der Waals surface area contributed by atoms with Gasteiger partial charge in [-0.05, 0) is 51.1 Å². The number of fused-ring (bicyclic) bond motifs is 1. The molecule has 2 heterocycles. The highest BCUT2D eigenvalue weighted by Gasteiger charge is 2.35. The maximum Gasteiger partial charge on any atom is 0.338 e. The summed E-state index contributed by atoms with van der Waals surface area (Å²) in [7, 11) is 0. The Balaban J connectivity index is 1.74. The largest absolute Gasteiger partial charge is 0.494 e. The zero-order valence-electron chi connectivity index (χ0n) is 19.8. The summed E-state index contributed by atoms with van der Waals surface area (Å²) >= 11 is 1.28. The van der Waals surface area contributed by atoms with E-state index in [1.54, 1.807) is 25.1 Å². The number of para-hydroxylation sites is 2. The van der Waals surface area contributed by atoms with Crippen molar-refractivity contribution < 1.29 is 28.2 Å². The molecular formula is C25H27N3O6S. The number of rotatable bonds is 10. The number of oxazole rings is 1. The zero-order valence-corrected chi connectivity index (χ0v) is 20.6. The predicted molar refractivity (Wildman–Crippen MR) is 132 cm³/mol. The van der Waals surface area contributed by atoms with Crippen molar-refractivity contribution in [1.29, 1.82) is 0 Å². The van der Waals surface area contributed by atoms with Gasteiger partial charge in [0.15, 0.2) is 5.58 Å². The van der Waals surface area contributed by atoms with Crippen LogP contribution >= 0.6 is 11.8 Å². The van der Waals surface area contributed by atoms with Gasteiger partial charge in [-0.25, -0.2) is 14.6 Å². The van der Waals surface area contributed by atoms with Gasteiger partial charge in [0.2, 0.25) is 0 Å². The van der Waals surface area contributed by atoms with Crippen LogP contribution in [0.25, 0.3) is 11.1 Å². The SMILES string of the molecule is CCOC(=O)C1=C(CSc2nc3ccccc3o2)NC(=O)N[C@@H]1c1cc(OCC)ccc1OCC. The first-order valence-corrected chi connectivity index (χ1v) is 12.4. The minimum Gasteiger partial charge on any atom is -0.494 e. The van der Waals surface area contributed by atoms with Crippen LogP contribution < -0.4 is 20.1 Å². The molecule has 0 radical (unpaired) electrons. The highest BCUT2D eigenvalue weighted by atomic mass is 32.2. The van der Waals surface area contributed by atoms with E-state index in [0.717, 1.165) is 5.52 Å². The number of nitrogens with zero attached hydrogens (tertiary/aromatic N) is 1. The number of urea groups is 1. The molecule has 0 bridgehead atoms. The van der Waals surface area contributed by atoms with Crippen molar-refractivity contribution in [3.8, 4) is 11.5 Å². The number of amides is 2. The number of nitrogens with one attached hydrogen (secondary N) is 2. The summed E-state index contributed by atoms with van der Waals surface area (Å²) in [4.78, 5) is 30.3. The fourth-order valence-electron chi connectivity index (χ4n) is 3.76. The Morgan fingerprint density at radius 3 is 2.63 bits per heavy atom. The van der Waals surface area contributed by atoms with E-state index in [1.807, 2.05) is 38.1 Å². The molecule has 10 heteroatoms. The van der Waals surface area contributed by atoms with Crippen LogP contribution in [0.5, 0.6) is 11.5 Å². The molecule has 9 nitrogen and oxygen atoms in total. The summed E-state index contributed by atoms with van der Waals surface area (Å²) in [6, 6.07) is 11.5. The van der Waals surface area contributed by atoms with Crippen LogP contribution in [0.4, 0.5) is 4.79 Å². The molecule has 2 aromatic carbocycles. The van der Waals surface area contributed by atoms with E-state index >= 15 is 0 Å². The third-order valence-corrected chi connectivity index (χ3v) is 6.02. The van der Waals surface area contributed by atoms with Crippen molar-refractivity contribution in [2.24, 2.45) is 0 Å². The Morgan fingerprint density at radius 1 is 1.09 bits per heavy atom. The number of aromatic nitrogens is 1. The van der Waals surface area contributed by atoms with Crippen LogP contribution in [0.15, 0.2) is 63.4 Å². The van der Waals surface area contributed by atoms with E-state index in [0.29, 0.717) is 46.8 Å². The Kier molecular flexibility index (Phi) is 7.81. The topological polar surface area (TPSA) is 112 Å². The molecule has 0 fully saturated rings. The molecule has 4 rings (SSSR count). The van der Waals surface area contributed by atoms with Crippen molar-refractivity contribution in [2.45, 2.75) is 32.0 Å². The standard InChI is InChI=1S/C25H27N3O6S/c1-4-31-15-11-12-19(32-5-2)16(13-15)22-21(23(29)33-6-3)18(26-24(30)28-22)14-35-25-27-17-9-7-8-10-20(17)34-25/h7-13,22H,4-6,14H2,1-3H3,(H2,26,28,30)/t22-/m1/s1. The van der Waals surface area contributed by atoms with Crippen molar-refractivity contribution in [2.75, 3.05) is 25.6 Å². The molecular weight excluding hydrogens is 470 g/mol. The van der Waals surface area contributed by atoms with Crippen LogP contribution in [0, 0.1) is 0 Å². The van der Waals surface area contributed by atoms with E-state index in [9.17, 15) is 9.59 Å². The second kappa shape index (κ2) is 11.2. The molecule has 1 aromatic heterocycles. The van der Waals surface area contributed by atoms with Crippen molar-refractivity contribution >= 4 is 34.9 Å². The van der Waals surface area contributed by atoms with Gasteiger partial charge in [-0.1, -0.05) is 23.9 Å². The molecule has 1 aliphatic heterocycles. The van der Waals surface area contributed by atoms with Crippen LogP contribution in [-0.2, 0) is 9.53 Å². The molecule has 2 amide bonds. The van der Waals surface area contributed by atoms with Crippen LogP contribution in [0.3, 0.4) is 0 Å². The minimum atomic E-state index is -0.802. The highest BCUT2D eigenvalue weighted by molar-refractivity contribution is 7.99. The Hall–Kier alpha value is -3.66. The van der Waals surface area contributed by atoms with Crippen LogP contribution in [0.2, 0.25) is 0 Å². The summed E-state index contributed by atoms with van der Waals surface area (Å²) < 4.78 is 22.6. The highest BCUT2D eigenvalue weighted by Crippen LogP contribution is 2.37. The minimum absolute atomic E-state index is 0.186. The molecule has 35 heavy (non-hydrogen) atoms. The Morgan fingerprint density at radius 2 is 1.89 bits per heavy atom. The summed E-state index contributed by atoms with van der Waals surface area (Å²) in [5, 5.41) is 6.04. The lowest BCUT2D eigenvalue weighted by molar-refractivity contribution is -0.139. The predicted octanol–water partition coefficient (Wildman–Crippen LogP) is 4.59. The monoisotopic (exact) mass is 497 g/mol. The summed E-state index contributed by atoms with van der Waals surface area (Å²) in [5.74, 6) is 0.836. The van der Waals surface area contributed by atoms with E-state index in [4.69, 9.17) is 18.6 Å². The molecule has 3 aromatic rings. The van der Waals surface area contributed by atoms with Gasteiger partial charge in [0.05, 0.1) is 31.4 Å². The Labute approximate surface area is 207 Å².